The molecule has 0 spiro atoms. The molecule has 5 heterocycles. The normalized spacial score (nSPS) is 15.5. The van der Waals surface area contributed by atoms with Crippen molar-refractivity contribution in [1.29, 1.82) is 5.26 Å². The second-order valence-corrected chi connectivity index (χ2v) is 8.18. The summed E-state index contributed by atoms with van der Waals surface area (Å²) in [5.41, 5.74) is 3.97. The van der Waals surface area contributed by atoms with Gasteiger partial charge in [0.1, 0.15) is 35.0 Å². The highest BCUT2D eigenvalue weighted by Crippen LogP contribution is 2.32. The van der Waals surface area contributed by atoms with Gasteiger partial charge < -0.3 is 10.1 Å². The molecule has 0 aromatic carbocycles. The van der Waals surface area contributed by atoms with Crippen molar-refractivity contribution in [3.05, 3.63) is 59.6 Å². The third-order valence-electron chi connectivity index (χ3n) is 6.04. The summed E-state index contributed by atoms with van der Waals surface area (Å²) in [7, 11) is 0. The molecule has 1 fully saturated rings. The molecule has 1 saturated heterocycles. The quantitative estimate of drug-likeness (QED) is 0.501. The maximum absolute atomic E-state index is 13.7. The Bertz CT molecular complexity index is 1350. The van der Waals surface area contributed by atoms with Crippen molar-refractivity contribution in [3.63, 3.8) is 0 Å². The molecule has 1 aliphatic heterocycles. The van der Waals surface area contributed by atoms with Gasteiger partial charge in [0.25, 0.3) is 0 Å². The number of nitrogens with zero attached hydrogens (tertiary/aromatic N) is 7. The van der Waals surface area contributed by atoms with Crippen LogP contribution < -0.4 is 10.1 Å². The van der Waals surface area contributed by atoms with E-state index in [1.54, 1.807) is 17.5 Å². The number of imidazole rings is 1. The number of hydrogen-bond donors (Lipinski definition) is 1. The molecule has 9 nitrogen and oxygen atoms in total. The molecule has 33 heavy (non-hydrogen) atoms. The number of nitriles is 1. The van der Waals surface area contributed by atoms with E-state index in [0.717, 1.165) is 49.1 Å². The first-order valence-corrected chi connectivity index (χ1v) is 10.9. The van der Waals surface area contributed by atoms with Crippen LogP contribution in [0.2, 0.25) is 0 Å². The van der Waals surface area contributed by atoms with E-state index in [4.69, 9.17) is 4.74 Å². The molecule has 0 amide bonds. The number of hydrogen-bond acceptors (Lipinski definition) is 7. The number of aromatic nitrogens is 6. The van der Waals surface area contributed by atoms with Crippen LogP contribution in [0.25, 0.3) is 16.9 Å². The molecule has 168 valence electrons. The Labute approximate surface area is 189 Å². The lowest BCUT2D eigenvalue weighted by Crippen LogP contribution is -2.30. The predicted octanol–water partition coefficient (Wildman–Crippen LogP) is 3.37. The maximum atomic E-state index is 13.7. The molecular weight excluding hydrogens is 423 g/mol. The van der Waals surface area contributed by atoms with Gasteiger partial charge in [0.15, 0.2) is 0 Å². The highest BCUT2D eigenvalue weighted by molar-refractivity contribution is 5.68. The Morgan fingerprint density at radius 1 is 1.21 bits per heavy atom. The number of piperidine rings is 1. The van der Waals surface area contributed by atoms with Crippen LogP contribution in [0.3, 0.4) is 0 Å². The molecule has 5 rings (SSSR count). The monoisotopic (exact) mass is 446 g/mol. The largest absolute Gasteiger partial charge is 0.471 e. The Morgan fingerprint density at radius 3 is 2.79 bits per heavy atom. The fraction of sp³-hybridized carbons (Fsp3) is 0.348. The molecule has 10 heteroatoms. The van der Waals surface area contributed by atoms with Crippen molar-refractivity contribution >= 4 is 5.65 Å². The lowest BCUT2D eigenvalue weighted by molar-refractivity contribution is 0.213. The van der Waals surface area contributed by atoms with Crippen LogP contribution in [-0.4, -0.2) is 42.5 Å². The summed E-state index contributed by atoms with van der Waals surface area (Å²) in [6, 6.07) is 7.52. The Balaban J connectivity index is 1.56. The number of ether oxygens (including phenoxy) is 1. The van der Waals surface area contributed by atoms with Crippen molar-refractivity contribution in [2.24, 2.45) is 0 Å². The summed E-state index contributed by atoms with van der Waals surface area (Å²) in [5.74, 6) is -0.0310. The average molecular weight is 446 g/mol. The minimum Gasteiger partial charge on any atom is -0.471 e. The van der Waals surface area contributed by atoms with Gasteiger partial charge in [-0.3, -0.25) is 9.38 Å². The minimum atomic E-state index is -0.507. The van der Waals surface area contributed by atoms with Crippen LogP contribution in [0.5, 0.6) is 5.88 Å². The van der Waals surface area contributed by atoms with Crippen LogP contribution in [0, 0.1) is 24.1 Å². The van der Waals surface area contributed by atoms with E-state index in [9.17, 15) is 9.65 Å². The van der Waals surface area contributed by atoms with E-state index in [-0.39, 0.29) is 0 Å². The molecule has 4 aromatic heterocycles. The van der Waals surface area contributed by atoms with Gasteiger partial charge in [0.05, 0.1) is 24.1 Å². The first kappa shape index (κ1) is 21.0. The number of fused-ring (bicyclic) bond motifs is 1. The molecule has 1 atom stereocenters. The number of halogens is 1. The first-order chi connectivity index (χ1) is 16.0. The molecule has 0 aliphatic carbocycles. The van der Waals surface area contributed by atoms with E-state index >= 15 is 0 Å². The van der Waals surface area contributed by atoms with Crippen LogP contribution >= 0.6 is 0 Å². The molecule has 0 saturated carbocycles. The number of pyridine rings is 2. The minimum absolute atomic E-state index is 0.309. The number of rotatable bonds is 5. The van der Waals surface area contributed by atoms with Gasteiger partial charge in [0, 0.05) is 23.4 Å². The summed E-state index contributed by atoms with van der Waals surface area (Å²) in [4.78, 5) is 8.29. The lowest BCUT2D eigenvalue weighted by Gasteiger charge is -2.23. The predicted molar refractivity (Wildman–Crippen MR) is 118 cm³/mol. The Hall–Kier alpha value is -3.84. The molecule has 4 aromatic rings. The Kier molecular flexibility index (Phi) is 5.48. The third kappa shape index (κ3) is 3.91. The zero-order chi connectivity index (χ0) is 22.9. The van der Waals surface area contributed by atoms with Gasteiger partial charge in [-0.1, -0.05) is 5.21 Å². The summed E-state index contributed by atoms with van der Waals surface area (Å²) in [6.07, 6.45) is 5.70. The van der Waals surface area contributed by atoms with Gasteiger partial charge in [-0.2, -0.15) is 5.26 Å². The number of nitrogens with one attached hydrogen (secondary N) is 1. The van der Waals surface area contributed by atoms with E-state index in [1.807, 2.05) is 23.7 Å². The van der Waals surface area contributed by atoms with Crippen molar-refractivity contribution < 1.29 is 9.13 Å². The van der Waals surface area contributed by atoms with Crippen molar-refractivity contribution in [2.75, 3.05) is 13.1 Å². The molecule has 1 unspecified atom stereocenters. The zero-order valence-corrected chi connectivity index (χ0v) is 18.4. The second-order valence-electron chi connectivity index (χ2n) is 8.18. The van der Waals surface area contributed by atoms with Crippen molar-refractivity contribution in [3.8, 4) is 23.2 Å². The molecule has 0 bridgehead atoms. The van der Waals surface area contributed by atoms with Crippen LogP contribution in [0.15, 0.2) is 36.8 Å². The van der Waals surface area contributed by atoms with Crippen LogP contribution in [0.4, 0.5) is 4.39 Å². The van der Waals surface area contributed by atoms with Gasteiger partial charge in [-0.25, -0.2) is 14.1 Å². The topological polar surface area (TPSA) is 106 Å². The molecule has 0 radical (unpaired) electrons. The fourth-order valence-electron chi connectivity index (χ4n) is 4.29. The summed E-state index contributed by atoms with van der Waals surface area (Å²) < 4.78 is 23.5. The average Bonchev–Trinajstić information content (AvgIpc) is 3.43. The van der Waals surface area contributed by atoms with Crippen LogP contribution in [0.1, 0.15) is 48.9 Å². The van der Waals surface area contributed by atoms with Gasteiger partial charge in [0.2, 0.25) is 5.88 Å². The van der Waals surface area contributed by atoms with Crippen molar-refractivity contribution in [2.45, 2.75) is 38.8 Å². The Morgan fingerprint density at radius 2 is 2.03 bits per heavy atom. The van der Waals surface area contributed by atoms with Gasteiger partial charge in [-0.05, 0) is 51.9 Å². The van der Waals surface area contributed by atoms with Crippen molar-refractivity contribution in [1.82, 2.24) is 34.7 Å². The highest BCUT2D eigenvalue weighted by atomic mass is 19.1. The van der Waals surface area contributed by atoms with E-state index < -0.39 is 11.9 Å². The van der Waals surface area contributed by atoms with E-state index in [1.165, 1.54) is 12.3 Å². The first-order valence-electron chi connectivity index (χ1n) is 10.9. The highest BCUT2D eigenvalue weighted by Gasteiger charge is 2.22. The van der Waals surface area contributed by atoms with Gasteiger partial charge in [-0.15, -0.1) is 5.10 Å². The molecular formula is C23H23FN8O. The SMILES string of the molecule is Cc1c(-c2cc(OC(C)c3cncc(F)c3)n3c(C#N)cnc3c2)nnn1C1CCNCC1. The van der Waals surface area contributed by atoms with Crippen LogP contribution in [-0.2, 0) is 0 Å². The zero-order valence-electron chi connectivity index (χ0n) is 18.4. The molecule has 1 aliphatic rings. The standard InChI is InChI=1S/C23H23FN8O/c1-14-23(29-30-32(14)19-3-5-26-6-4-19)16-8-21-28-13-20(10-25)31(21)22(9-16)33-15(2)17-7-18(24)12-27-11-17/h7-9,11-13,15,19,26H,3-6H2,1-2H3. The summed E-state index contributed by atoms with van der Waals surface area (Å²) in [6.45, 7) is 5.73. The maximum Gasteiger partial charge on any atom is 0.201 e. The summed E-state index contributed by atoms with van der Waals surface area (Å²) in [5, 5.41) is 21.8. The fourth-order valence-corrected chi connectivity index (χ4v) is 4.29. The molecule has 1 N–H and O–H groups in total. The lowest BCUT2D eigenvalue weighted by atomic mass is 10.1. The third-order valence-corrected chi connectivity index (χ3v) is 6.04. The smallest absolute Gasteiger partial charge is 0.201 e. The van der Waals surface area contributed by atoms with E-state index in [2.05, 4.69) is 31.7 Å². The summed E-state index contributed by atoms with van der Waals surface area (Å²) >= 11 is 0. The second kappa shape index (κ2) is 8.60. The van der Waals surface area contributed by atoms with Gasteiger partial charge >= 0.3 is 0 Å². The van der Waals surface area contributed by atoms with E-state index in [0.29, 0.717) is 28.8 Å².